The summed E-state index contributed by atoms with van der Waals surface area (Å²) in [4.78, 5) is 11.9. The molecule has 0 amide bonds. The Balaban J connectivity index is 2.54. The number of halogens is 2. The molecular formula is C14H13Br2NO2. The maximum atomic E-state index is 11.9. The van der Waals surface area contributed by atoms with Crippen molar-refractivity contribution >= 4 is 37.8 Å². The number of aromatic nitrogens is 1. The van der Waals surface area contributed by atoms with E-state index >= 15 is 0 Å². The number of ether oxygens (including phenoxy) is 1. The fourth-order valence-electron chi connectivity index (χ4n) is 1.89. The van der Waals surface area contributed by atoms with Gasteiger partial charge in [0, 0.05) is 16.7 Å². The van der Waals surface area contributed by atoms with Gasteiger partial charge in [0.15, 0.2) is 0 Å². The third-order valence-electron chi connectivity index (χ3n) is 2.69. The summed E-state index contributed by atoms with van der Waals surface area (Å²) in [7, 11) is 0. The molecule has 2 rings (SSSR count). The summed E-state index contributed by atoms with van der Waals surface area (Å²) in [5, 5.41) is 0.571. The van der Waals surface area contributed by atoms with Crippen molar-refractivity contribution in [2.45, 2.75) is 12.3 Å². The van der Waals surface area contributed by atoms with Gasteiger partial charge in [0.1, 0.15) is 0 Å². The fourth-order valence-corrected chi connectivity index (χ4v) is 3.09. The third kappa shape index (κ3) is 2.92. The number of rotatable bonds is 4. The highest BCUT2D eigenvalue weighted by Crippen LogP contribution is 2.28. The molecule has 0 aliphatic heterocycles. The van der Waals surface area contributed by atoms with E-state index in [0.29, 0.717) is 17.5 Å². The predicted octanol–water partition coefficient (Wildman–Crippen LogP) is 4.31. The van der Waals surface area contributed by atoms with Crippen LogP contribution in [0.3, 0.4) is 0 Å². The van der Waals surface area contributed by atoms with E-state index in [1.807, 2.05) is 34.9 Å². The van der Waals surface area contributed by atoms with Crippen LogP contribution < -0.4 is 0 Å². The maximum Gasteiger partial charge on any atom is 0.340 e. The van der Waals surface area contributed by atoms with Gasteiger partial charge in [-0.05, 0) is 41.1 Å². The van der Waals surface area contributed by atoms with Crippen LogP contribution in [0, 0.1) is 0 Å². The van der Waals surface area contributed by atoms with E-state index in [2.05, 4.69) is 31.9 Å². The van der Waals surface area contributed by atoms with Gasteiger partial charge in [0.2, 0.25) is 0 Å². The van der Waals surface area contributed by atoms with Gasteiger partial charge in [-0.25, -0.2) is 4.79 Å². The monoisotopic (exact) mass is 385 g/mol. The number of esters is 1. The lowest BCUT2D eigenvalue weighted by atomic mass is 10.2. The SMILES string of the molecule is CCOC(=O)c1cc(Br)n(-c2ccccc2)c1CBr. The lowest BCUT2D eigenvalue weighted by Crippen LogP contribution is -2.08. The Morgan fingerprint density at radius 2 is 2.00 bits per heavy atom. The average molecular weight is 387 g/mol. The van der Waals surface area contributed by atoms with E-state index < -0.39 is 0 Å². The van der Waals surface area contributed by atoms with Crippen LogP contribution in [0.25, 0.3) is 5.69 Å². The molecule has 1 heterocycles. The number of para-hydroxylation sites is 1. The summed E-state index contributed by atoms with van der Waals surface area (Å²) in [5.41, 5.74) is 2.45. The van der Waals surface area contributed by atoms with Crippen LogP contribution in [0.4, 0.5) is 0 Å². The molecule has 0 spiro atoms. The normalized spacial score (nSPS) is 10.5. The molecule has 1 aromatic carbocycles. The first-order chi connectivity index (χ1) is 9.19. The van der Waals surface area contributed by atoms with Crippen LogP contribution in [0.15, 0.2) is 41.0 Å². The average Bonchev–Trinajstić information content (AvgIpc) is 2.77. The standard InChI is InChI=1S/C14H13Br2NO2/c1-2-19-14(18)11-8-13(16)17(12(11)9-15)10-6-4-3-5-7-10/h3-8H,2,9H2,1H3. The predicted molar refractivity (Wildman–Crippen MR) is 82.1 cm³/mol. The van der Waals surface area contributed by atoms with Crippen LogP contribution in [0.1, 0.15) is 23.0 Å². The summed E-state index contributed by atoms with van der Waals surface area (Å²) in [6, 6.07) is 11.7. The maximum absolute atomic E-state index is 11.9. The third-order valence-corrected chi connectivity index (χ3v) is 3.81. The molecule has 0 bridgehead atoms. The number of carbonyl (C=O) groups is 1. The van der Waals surface area contributed by atoms with E-state index in [1.54, 1.807) is 13.0 Å². The van der Waals surface area contributed by atoms with E-state index in [9.17, 15) is 4.79 Å². The number of benzene rings is 1. The highest BCUT2D eigenvalue weighted by atomic mass is 79.9. The van der Waals surface area contributed by atoms with Crippen LogP contribution >= 0.6 is 31.9 Å². The van der Waals surface area contributed by atoms with Crippen LogP contribution in [0.2, 0.25) is 0 Å². The Hall–Kier alpha value is -1.07. The van der Waals surface area contributed by atoms with Crippen molar-refractivity contribution in [3.05, 3.63) is 52.3 Å². The second kappa shape index (κ2) is 6.39. The second-order valence-corrected chi connectivity index (χ2v) is 5.23. The summed E-state index contributed by atoms with van der Waals surface area (Å²) >= 11 is 6.94. The topological polar surface area (TPSA) is 31.2 Å². The first-order valence-electron chi connectivity index (χ1n) is 5.87. The van der Waals surface area contributed by atoms with Gasteiger partial charge in [0.25, 0.3) is 0 Å². The number of alkyl halides is 1. The molecule has 0 saturated carbocycles. The first kappa shape index (κ1) is 14.3. The van der Waals surface area contributed by atoms with E-state index in [-0.39, 0.29) is 5.97 Å². The van der Waals surface area contributed by atoms with Crippen molar-refractivity contribution in [1.82, 2.24) is 4.57 Å². The highest BCUT2D eigenvalue weighted by Gasteiger charge is 2.20. The minimum atomic E-state index is -0.299. The van der Waals surface area contributed by atoms with Gasteiger partial charge in [0.05, 0.1) is 16.8 Å². The molecule has 0 unspecified atom stereocenters. The number of hydrogen-bond donors (Lipinski definition) is 0. The van der Waals surface area contributed by atoms with Gasteiger partial charge < -0.3 is 9.30 Å². The summed E-state index contributed by atoms with van der Waals surface area (Å²) in [6.45, 7) is 2.17. The summed E-state index contributed by atoms with van der Waals surface area (Å²) in [6.07, 6.45) is 0. The van der Waals surface area contributed by atoms with E-state index in [1.165, 1.54) is 0 Å². The van der Waals surface area contributed by atoms with E-state index in [4.69, 9.17) is 4.74 Å². The van der Waals surface area contributed by atoms with Crippen molar-refractivity contribution in [3.63, 3.8) is 0 Å². The fraction of sp³-hybridized carbons (Fsp3) is 0.214. The molecule has 3 nitrogen and oxygen atoms in total. The first-order valence-corrected chi connectivity index (χ1v) is 7.79. The van der Waals surface area contributed by atoms with Gasteiger partial charge in [-0.15, -0.1) is 0 Å². The lowest BCUT2D eigenvalue weighted by molar-refractivity contribution is 0.0525. The Bertz CT molecular complexity index is 579. The Morgan fingerprint density at radius 1 is 1.32 bits per heavy atom. The zero-order valence-electron chi connectivity index (χ0n) is 10.4. The molecule has 0 fully saturated rings. The summed E-state index contributed by atoms with van der Waals surface area (Å²) in [5.74, 6) is -0.299. The highest BCUT2D eigenvalue weighted by molar-refractivity contribution is 9.10. The van der Waals surface area contributed by atoms with Crippen molar-refractivity contribution < 1.29 is 9.53 Å². The Labute approximate surface area is 128 Å². The van der Waals surface area contributed by atoms with Crippen molar-refractivity contribution in [2.75, 3.05) is 6.61 Å². The molecule has 2 aromatic rings. The Kier molecular flexibility index (Phi) is 4.82. The molecular weight excluding hydrogens is 374 g/mol. The quantitative estimate of drug-likeness (QED) is 0.579. The summed E-state index contributed by atoms with van der Waals surface area (Å²) < 4.78 is 7.90. The van der Waals surface area contributed by atoms with Gasteiger partial charge in [-0.1, -0.05) is 34.1 Å². The zero-order valence-corrected chi connectivity index (χ0v) is 13.6. The number of hydrogen-bond acceptors (Lipinski definition) is 2. The molecule has 100 valence electrons. The van der Waals surface area contributed by atoms with Crippen molar-refractivity contribution in [3.8, 4) is 5.69 Å². The molecule has 0 aliphatic rings. The smallest absolute Gasteiger partial charge is 0.340 e. The van der Waals surface area contributed by atoms with Gasteiger partial charge in [-0.3, -0.25) is 0 Å². The molecule has 0 saturated heterocycles. The van der Waals surface area contributed by atoms with Crippen molar-refractivity contribution in [1.29, 1.82) is 0 Å². The van der Waals surface area contributed by atoms with Gasteiger partial charge >= 0.3 is 5.97 Å². The van der Waals surface area contributed by atoms with Crippen LogP contribution in [0.5, 0.6) is 0 Å². The largest absolute Gasteiger partial charge is 0.462 e. The molecule has 0 aliphatic carbocycles. The molecule has 5 heteroatoms. The molecule has 0 N–H and O–H groups in total. The minimum Gasteiger partial charge on any atom is -0.462 e. The molecule has 19 heavy (non-hydrogen) atoms. The Morgan fingerprint density at radius 3 is 2.58 bits per heavy atom. The van der Waals surface area contributed by atoms with Crippen LogP contribution in [-0.4, -0.2) is 17.1 Å². The molecule has 0 radical (unpaired) electrons. The second-order valence-electron chi connectivity index (χ2n) is 3.85. The lowest BCUT2D eigenvalue weighted by Gasteiger charge is -2.10. The minimum absolute atomic E-state index is 0.299. The number of nitrogens with zero attached hydrogens (tertiary/aromatic N) is 1. The molecule has 0 atom stereocenters. The van der Waals surface area contributed by atoms with E-state index in [0.717, 1.165) is 16.0 Å². The molecule has 1 aromatic heterocycles. The number of carbonyl (C=O) groups excluding carboxylic acids is 1. The zero-order chi connectivity index (χ0) is 13.8. The van der Waals surface area contributed by atoms with Gasteiger partial charge in [-0.2, -0.15) is 0 Å². The van der Waals surface area contributed by atoms with Crippen molar-refractivity contribution in [2.24, 2.45) is 0 Å². The van der Waals surface area contributed by atoms with Crippen LogP contribution in [-0.2, 0) is 10.1 Å².